The Morgan fingerprint density at radius 1 is 0.833 bits per heavy atom. The third-order valence-electron chi connectivity index (χ3n) is 4.73. The number of rotatable bonds is 11. The lowest BCUT2D eigenvalue weighted by atomic mass is 10.1. The zero-order valence-corrected chi connectivity index (χ0v) is 17.4. The molecule has 0 heterocycles. The van der Waals surface area contributed by atoms with Crippen molar-refractivity contribution in [2.24, 2.45) is 0 Å². The summed E-state index contributed by atoms with van der Waals surface area (Å²) in [6.45, 7) is 1.43. The number of hydrogen-bond donors (Lipinski definition) is 1. The van der Waals surface area contributed by atoms with Gasteiger partial charge in [0.25, 0.3) is 0 Å². The monoisotopic (exact) mass is 405 g/mol. The van der Waals surface area contributed by atoms with Gasteiger partial charge in [0, 0.05) is 5.56 Å². The Morgan fingerprint density at radius 2 is 1.63 bits per heavy atom. The Morgan fingerprint density at radius 3 is 2.40 bits per heavy atom. The van der Waals surface area contributed by atoms with Crippen molar-refractivity contribution in [1.29, 1.82) is 0 Å². The second-order valence-corrected chi connectivity index (χ2v) is 6.84. The van der Waals surface area contributed by atoms with E-state index in [1.54, 1.807) is 20.3 Å². The van der Waals surface area contributed by atoms with Gasteiger partial charge in [-0.15, -0.1) is 0 Å². The second-order valence-electron chi connectivity index (χ2n) is 6.84. The summed E-state index contributed by atoms with van der Waals surface area (Å²) in [6, 6.07) is 23.1. The van der Waals surface area contributed by atoms with Crippen LogP contribution in [0.15, 0.2) is 72.8 Å². The highest BCUT2D eigenvalue weighted by Gasteiger charge is 2.08. The van der Waals surface area contributed by atoms with Gasteiger partial charge in [0.15, 0.2) is 17.3 Å². The van der Waals surface area contributed by atoms with Crippen LogP contribution in [0.1, 0.15) is 21.5 Å². The van der Waals surface area contributed by atoms with Crippen molar-refractivity contribution in [3.63, 3.8) is 0 Å². The largest absolute Gasteiger partial charge is 0.493 e. The molecule has 0 fully saturated rings. The number of methoxy groups -OCH3 is 2. The molecule has 0 aliphatic heterocycles. The summed E-state index contributed by atoms with van der Waals surface area (Å²) in [5.74, 6) is 2.14. The lowest BCUT2D eigenvalue weighted by Crippen LogP contribution is -2.25. The molecule has 0 spiro atoms. The van der Waals surface area contributed by atoms with Gasteiger partial charge >= 0.3 is 0 Å². The molecule has 0 bridgehead atoms. The highest BCUT2D eigenvalue weighted by Crippen LogP contribution is 2.27. The summed E-state index contributed by atoms with van der Waals surface area (Å²) < 4.78 is 16.4. The molecule has 0 saturated heterocycles. The summed E-state index contributed by atoms with van der Waals surface area (Å²) in [4.78, 5) is 12.5. The molecule has 0 amide bonds. The van der Waals surface area contributed by atoms with E-state index in [-0.39, 0.29) is 12.3 Å². The molecule has 0 saturated carbocycles. The minimum Gasteiger partial charge on any atom is -0.493 e. The summed E-state index contributed by atoms with van der Waals surface area (Å²) in [7, 11) is 3.24. The van der Waals surface area contributed by atoms with Crippen LogP contribution in [-0.2, 0) is 13.0 Å². The average molecular weight is 405 g/mol. The van der Waals surface area contributed by atoms with E-state index in [2.05, 4.69) is 5.32 Å². The number of nitrogens with one attached hydrogen (secondary N) is 1. The zero-order chi connectivity index (χ0) is 21.2. The number of Topliss-reactive ketones (excluding diaryl/α,β-unsaturated/α-hetero) is 1. The van der Waals surface area contributed by atoms with E-state index < -0.39 is 0 Å². The topological polar surface area (TPSA) is 56.8 Å². The molecule has 156 valence electrons. The van der Waals surface area contributed by atoms with E-state index in [9.17, 15) is 4.79 Å². The molecule has 0 aliphatic rings. The van der Waals surface area contributed by atoms with Crippen molar-refractivity contribution in [2.75, 3.05) is 27.3 Å². The first kappa shape index (κ1) is 21.4. The van der Waals surface area contributed by atoms with E-state index in [1.807, 2.05) is 66.7 Å². The van der Waals surface area contributed by atoms with Gasteiger partial charge in [-0.05, 0) is 48.4 Å². The number of benzene rings is 3. The van der Waals surface area contributed by atoms with Crippen LogP contribution in [0, 0.1) is 0 Å². The normalized spacial score (nSPS) is 10.5. The van der Waals surface area contributed by atoms with Crippen LogP contribution in [0.5, 0.6) is 17.2 Å². The molecule has 3 rings (SSSR count). The van der Waals surface area contributed by atoms with Crippen molar-refractivity contribution in [3.05, 3.63) is 89.5 Å². The quantitative estimate of drug-likeness (QED) is 0.381. The molecular weight excluding hydrogens is 378 g/mol. The van der Waals surface area contributed by atoms with Crippen molar-refractivity contribution in [2.45, 2.75) is 13.0 Å². The number of hydrogen-bond acceptors (Lipinski definition) is 5. The van der Waals surface area contributed by atoms with Crippen molar-refractivity contribution in [1.82, 2.24) is 5.32 Å². The maximum absolute atomic E-state index is 12.5. The van der Waals surface area contributed by atoms with E-state index in [0.29, 0.717) is 36.0 Å². The highest BCUT2D eigenvalue weighted by atomic mass is 16.5. The van der Waals surface area contributed by atoms with Crippen LogP contribution < -0.4 is 19.5 Å². The second kappa shape index (κ2) is 11.0. The molecule has 1 N–H and O–H groups in total. The molecule has 5 nitrogen and oxygen atoms in total. The number of carbonyl (C=O) groups is 1. The maximum atomic E-state index is 12.5. The molecule has 0 aliphatic carbocycles. The minimum absolute atomic E-state index is 0.0347. The van der Waals surface area contributed by atoms with E-state index >= 15 is 0 Å². The van der Waals surface area contributed by atoms with E-state index in [4.69, 9.17) is 14.2 Å². The molecule has 30 heavy (non-hydrogen) atoms. The fourth-order valence-corrected chi connectivity index (χ4v) is 3.07. The van der Waals surface area contributed by atoms with Crippen LogP contribution in [0.3, 0.4) is 0 Å². The van der Waals surface area contributed by atoms with Gasteiger partial charge in [0.2, 0.25) is 0 Å². The first-order valence-electron chi connectivity index (χ1n) is 9.91. The number of ketones is 1. The molecule has 0 radical (unpaired) electrons. The van der Waals surface area contributed by atoms with Crippen molar-refractivity contribution in [3.8, 4) is 17.2 Å². The van der Waals surface area contributed by atoms with Gasteiger partial charge in [-0.3, -0.25) is 4.79 Å². The molecular formula is C25H27NO4. The Balaban J connectivity index is 1.47. The minimum atomic E-state index is 0.0347. The van der Waals surface area contributed by atoms with Crippen LogP contribution in [0.4, 0.5) is 0 Å². The fraction of sp³-hybridized carbons (Fsp3) is 0.240. The van der Waals surface area contributed by atoms with Crippen molar-refractivity contribution >= 4 is 5.78 Å². The first-order valence-corrected chi connectivity index (χ1v) is 9.91. The Hall–Kier alpha value is -3.31. The molecule has 5 heteroatoms. The summed E-state index contributed by atoms with van der Waals surface area (Å²) in [5.41, 5.74) is 2.84. The first-order chi connectivity index (χ1) is 14.7. The number of ether oxygens (including phenoxy) is 3. The van der Waals surface area contributed by atoms with Crippen LogP contribution in [0.2, 0.25) is 0 Å². The Labute approximate surface area is 177 Å². The smallest absolute Gasteiger partial charge is 0.176 e. The van der Waals surface area contributed by atoms with Gasteiger partial charge in [-0.1, -0.05) is 48.5 Å². The van der Waals surface area contributed by atoms with Gasteiger partial charge in [0.05, 0.1) is 20.8 Å². The Bertz CT molecular complexity index is 956. The fourth-order valence-electron chi connectivity index (χ4n) is 3.07. The van der Waals surface area contributed by atoms with E-state index in [0.717, 1.165) is 17.5 Å². The Kier molecular flexibility index (Phi) is 7.86. The molecule has 3 aromatic rings. The highest BCUT2D eigenvalue weighted by molar-refractivity contribution is 5.97. The van der Waals surface area contributed by atoms with Gasteiger partial charge in [-0.25, -0.2) is 0 Å². The SMILES string of the molecule is COc1ccc(CCNCC(=O)c2cccc(OCc3ccccc3)c2)cc1OC. The number of carbonyl (C=O) groups excluding carboxylic acids is 1. The summed E-state index contributed by atoms with van der Waals surface area (Å²) in [6.07, 6.45) is 0.786. The summed E-state index contributed by atoms with van der Waals surface area (Å²) in [5, 5.41) is 3.21. The standard InChI is InChI=1S/C25H27NO4/c1-28-24-12-11-19(15-25(24)29-2)13-14-26-17-23(27)21-9-6-10-22(16-21)30-18-20-7-4-3-5-8-20/h3-12,15-16,26H,13-14,17-18H2,1-2H3. The predicted molar refractivity (Wildman–Crippen MR) is 118 cm³/mol. The lowest BCUT2D eigenvalue weighted by molar-refractivity contribution is 0.0991. The third kappa shape index (κ3) is 6.09. The van der Waals surface area contributed by atoms with Crippen LogP contribution in [0.25, 0.3) is 0 Å². The van der Waals surface area contributed by atoms with E-state index in [1.165, 1.54) is 0 Å². The molecule has 3 aromatic carbocycles. The van der Waals surface area contributed by atoms with Gasteiger partial charge < -0.3 is 19.5 Å². The van der Waals surface area contributed by atoms with Crippen LogP contribution in [-0.4, -0.2) is 33.1 Å². The third-order valence-corrected chi connectivity index (χ3v) is 4.73. The average Bonchev–Trinajstić information content (AvgIpc) is 2.81. The van der Waals surface area contributed by atoms with Gasteiger partial charge in [-0.2, -0.15) is 0 Å². The van der Waals surface area contributed by atoms with Crippen LogP contribution >= 0.6 is 0 Å². The maximum Gasteiger partial charge on any atom is 0.176 e. The van der Waals surface area contributed by atoms with Crippen molar-refractivity contribution < 1.29 is 19.0 Å². The molecule has 0 unspecified atom stereocenters. The lowest BCUT2D eigenvalue weighted by Gasteiger charge is -2.10. The summed E-state index contributed by atoms with van der Waals surface area (Å²) >= 11 is 0. The predicted octanol–water partition coefficient (Wildman–Crippen LogP) is 4.30. The molecule has 0 aromatic heterocycles. The zero-order valence-electron chi connectivity index (χ0n) is 17.4. The van der Waals surface area contributed by atoms with Gasteiger partial charge in [0.1, 0.15) is 12.4 Å². The molecule has 0 atom stereocenters.